The maximum Gasteiger partial charge on any atom is 0.416 e. The summed E-state index contributed by atoms with van der Waals surface area (Å²) < 4.78 is 41.6. The lowest BCUT2D eigenvalue weighted by molar-refractivity contribution is -0.137. The van der Waals surface area contributed by atoms with E-state index in [0.29, 0.717) is 53.7 Å². The van der Waals surface area contributed by atoms with Crippen molar-refractivity contribution < 1.29 is 28.2 Å². The molecule has 3 aromatic rings. The monoisotopic (exact) mass is 543 g/mol. The number of amides is 1. The molecule has 0 bridgehead atoms. The zero-order chi connectivity index (χ0) is 26.4. The highest BCUT2D eigenvalue weighted by atomic mass is 35.5. The number of aromatic nitrogens is 2. The number of carbonyl (C=O) groups excluding carboxylic acids is 1. The second-order valence-electron chi connectivity index (χ2n) is 9.34. The van der Waals surface area contributed by atoms with Gasteiger partial charge in [-0.15, -0.1) is 0 Å². The fourth-order valence-corrected chi connectivity index (χ4v) is 5.29. The fraction of sp³-hybridized carbons (Fsp3) is 0.440. The number of aliphatic hydroxyl groups excluding tert-OH is 1. The predicted molar refractivity (Wildman–Crippen MR) is 132 cm³/mol. The van der Waals surface area contributed by atoms with E-state index in [0.717, 1.165) is 12.1 Å². The molecular weight excluding hydrogens is 518 g/mol. The van der Waals surface area contributed by atoms with Crippen molar-refractivity contribution in [3.63, 3.8) is 0 Å². The van der Waals surface area contributed by atoms with E-state index in [9.17, 15) is 23.1 Å². The van der Waals surface area contributed by atoms with Gasteiger partial charge in [0.25, 0.3) is 5.91 Å². The molecule has 0 spiro atoms. The lowest BCUT2D eigenvalue weighted by Crippen LogP contribution is -2.47. The Balaban J connectivity index is 1.64. The standard InChI is InChI=1S/C25H26Cl2F3N3O3/c1-14-9-15(25(28,29)30)10-20-17(14)11-16(32(20)2)12-18-21(26)19(13-31-22(18)27)23(35)33-6-3-24(36,4-7-33)5-8-34/h9-11,13,34,36H,3-8,12H2,1-2H3. The minimum absolute atomic E-state index is 0.102. The lowest BCUT2D eigenvalue weighted by atomic mass is 9.88. The van der Waals surface area contributed by atoms with Crippen LogP contribution in [0.2, 0.25) is 10.2 Å². The zero-order valence-electron chi connectivity index (χ0n) is 19.8. The van der Waals surface area contributed by atoms with Gasteiger partial charge in [0.05, 0.1) is 21.8 Å². The van der Waals surface area contributed by atoms with Crippen molar-refractivity contribution in [1.29, 1.82) is 0 Å². The number of fused-ring (bicyclic) bond motifs is 1. The summed E-state index contributed by atoms with van der Waals surface area (Å²) in [7, 11) is 1.67. The molecule has 194 valence electrons. The van der Waals surface area contributed by atoms with Gasteiger partial charge in [0.2, 0.25) is 0 Å². The van der Waals surface area contributed by atoms with Crippen LogP contribution in [0.25, 0.3) is 10.9 Å². The first-order chi connectivity index (χ1) is 16.8. The van der Waals surface area contributed by atoms with Gasteiger partial charge in [0.1, 0.15) is 5.15 Å². The molecule has 11 heteroatoms. The van der Waals surface area contributed by atoms with Gasteiger partial charge in [0.15, 0.2) is 0 Å². The molecule has 0 saturated carbocycles. The Morgan fingerprint density at radius 1 is 1.19 bits per heavy atom. The highest BCUT2D eigenvalue weighted by molar-refractivity contribution is 6.37. The summed E-state index contributed by atoms with van der Waals surface area (Å²) >= 11 is 13.0. The number of carbonyl (C=O) groups is 1. The van der Waals surface area contributed by atoms with Crippen LogP contribution in [-0.4, -0.2) is 55.9 Å². The number of piperidine rings is 1. The Morgan fingerprint density at radius 2 is 1.86 bits per heavy atom. The zero-order valence-corrected chi connectivity index (χ0v) is 21.3. The normalized spacial score (nSPS) is 16.1. The van der Waals surface area contributed by atoms with E-state index < -0.39 is 17.3 Å². The molecule has 0 radical (unpaired) electrons. The van der Waals surface area contributed by atoms with Crippen LogP contribution in [0, 0.1) is 6.92 Å². The highest BCUT2D eigenvalue weighted by Gasteiger charge is 2.35. The third kappa shape index (κ3) is 5.07. The molecule has 4 rings (SSSR count). The van der Waals surface area contributed by atoms with Crippen LogP contribution in [-0.2, 0) is 19.6 Å². The average Bonchev–Trinajstić information content (AvgIpc) is 3.12. The second kappa shape index (κ2) is 9.85. The van der Waals surface area contributed by atoms with E-state index >= 15 is 0 Å². The maximum absolute atomic E-state index is 13.3. The first-order valence-electron chi connectivity index (χ1n) is 11.5. The Hall–Kier alpha value is -2.33. The number of nitrogens with zero attached hydrogens (tertiary/aromatic N) is 3. The molecule has 1 aliphatic heterocycles. The van der Waals surface area contributed by atoms with E-state index in [1.807, 2.05) is 0 Å². The van der Waals surface area contributed by atoms with Gasteiger partial charge in [-0.1, -0.05) is 23.2 Å². The molecule has 1 amide bonds. The number of aryl methyl sites for hydroxylation is 2. The van der Waals surface area contributed by atoms with Gasteiger partial charge >= 0.3 is 6.18 Å². The molecule has 1 fully saturated rings. The summed E-state index contributed by atoms with van der Waals surface area (Å²) in [6.07, 6.45) is -2.07. The Bertz CT molecular complexity index is 1320. The lowest BCUT2D eigenvalue weighted by Gasteiger charge is -2.38. The largest absolute Gasteiger partial charge is 0.416 e. The summed E-state index contributed by atoms with van der Waals surface area (Å²) in [5.74, 6) is -0.348. The smallest absolute Gasteiger partial charge is 0.396 e. The van der Waals surface area contributed by atoms with E-state index in [1.165, 1.54) is 6.20 Å². The van der Waals surface area contributed by atoms with Crippen molar-refractivity contribution in [2.75, 3.05) is 19.7 Å². The molecule has 0 atom stereocenters. The molecule has 2 aromatic heterocycles. The molecule has 1 aromatic carbocycles. The Labute approximate surface area is 216 Å². The van der Waals surface area contributed by atoms with E-state index in [4.69, 9.17) is 28.3 Å². The van der Waals surface area contributed by atoms with Crippen molar-refractivity contribution in [3.8, 4) is 0 Å². The second-order valence-corrected chi connectivity index (χ2v) is 10.1. The summed E-state index contributed by atoms with van der Waals surface area (Å²) in [5, 5.41) is 20.6. The van der Waals surface area contributed by atoms with Crippen LogP contribution in [0.3, 0.4) is 0 Å². The SMILES string of the molecule is Cc1cc(C(F)(F)F)cc2c1cc(Cc1c(Cl)ncc(C(=O)N3CCC(O)(CCO)CC3)c1Cl)n2C. The van der Waals surface area contributed by atoms with Crippen molar-refractivity contribution in [2.45, 2.75) is 44.4 Å². The summed E-state index contributed by atoms with van der Waals surface area (Å²) in [4.78, 5) is 18.9. The molecule has 3 heterocycles. The van der Waals surface area contributed by atoms with Crippen LogP contribution in [0.15, 0.2) is 24.4 Å². The molecule has 0 unspecified atom stereocenters. The van der Waals surface area contributed by atoms with Crippen LogP contribution in [0.5, 0.6) is 0 Å². The number of alkyl halides is 3. The van der Waals surface area contributed by atoms with Crippen LogP contribution < -0.4 is 0 Å². The number of halogens is 5. The number of likely N-dealkylation sites (tertiary alicyclic amines) is 1. The Morgan fingerprint density at radius 3 is 2.47 bits per heavy atom. The van der Waals surface area contributed by atoms with Crippen molar-refractivity contribution in [1.82, 2.24) is 14.5 Å². The van der Waals surface area contributed by atoms with Gasteiger partial charge in [-0.2, -0.15) is 13.2 Å². The van der Waals surface area contributed by atoms with Crippen LogP contribution >= 0.6 is 23.2 Å². The number of hydrogen-bond donors (Lipinski definition) is 2. The molecule has 1 aliphatic rings. The van der Waals surface area contributed by atoms with E-state index in [1.54, 1.807) is 29.5 Å². The molecule has 36 heavy (non-hydrogen) atoms. The van der Waals surface area contributed by atoms with Gasteiger partial charge < -0.3 is 19.7 Å². The average molecular weight is 544 g/mol. The molecular formula is C25H26Cl2F3N3O3. The van der Waals surface area contributed by atoms with E-state index in [-0.39, 0.29) is 41.1 Å². The molecule has 2 N–H and O–H groups in total. The van der Waals surface area contributed by atoms with Gasteiger partial charge in [0, 0.05) is 61.5 Å². The number of rotatable bonds is 5. The first-order valence-corrected chi connectivity index (χ1v) is 12.2. The quantitative estimate of drug-likeness (QED) is 0.436. The van der Waals surface area contributed by atoms with Crippen molar-refractivity contribution in [2.24, 2.45) is 7.05 Å². The summed E-state index contributed by atoms with van der Waals surface area (Å²) in [6, 6.07) is 4.02. The first kappa shape index (κ1) is 26.7. The Kier molecular flexibility index (Phi) is 7.31. The van der Waals surface area contributed by atoms with Gasteiger partial charge in [-0.05, 0) is 49.9 Å². The van der Waals surface area contributed by atoms with Crippen molar-refractivity contribution >= 4 is 40.0 Å². The van der Waals surface area contributed by atoms with Crippen molar-refractivity contribution in [3.05, 3.63) is 62.5 Å². The van der Waals surface area contributed by atoms with Gasteiger partial charge in [-0.3, -0.25) is 4.79 Å². The highest BCUT2D eigenvalue weighted by Crippen LogP contribution is 2.36. The van der Waals surface area contributed by atoms with E-state index in [2.05, 4.69) is 4.98 Å². The number of benzene rings is 1. The third-order valence-corrected chi connectivity index (χ3v) is 7.76. The van der Waals surface area contributed by atoms with Crippen LogP contribution in [0.4, 0.5) is 13.2 Å². The predicted octanol–water partition coefficient (Wildman–Crippen LogP) is 5.15. The molecule has 0 aliphatic carbocycles. The summed E-state index contributed by atoms with van der Waals surface area (Å²) in [6.45, 7) is 2.09. The maximum atomic E-state index is 13.3. The number of pyridine rings is 1. The molecule has 1 saturated heterocycles. The van der Waals surface area contributed by atoms with Crippen LogP contribution in [0.1, 0.15) is 52.0 Å². The minimum atomic E-state index is -4.46. The summed E-state index contributed by atoms with van der Waals surface area (Å²) in [5.41, 5.74) is 0.418. The fourth-order valence-electron chi connectivity index (χ4n) is 4.74. The topological polar surface area (TPSA) is 78.6 Å². The number of aliphatic hydroxyl groups is 2. The number of hydrogen-bond acceptors (Lipinski definition) is 4. The molecule has 6 nitrogen and oxygen atoms in total. The van der Waals surface area contributed by atoms with Gasteiger partial charge in [-0.25, -0.2) is 4.98 Å². The minimum Gasteiger partial charge on any atom is -0.396 e. The third-order valence-electron chi connectivity index (χ3n) is 7.00.